The number of carbonyl (C=O) groups excluding carboxylic acids is 1. The zero-order valence-electron chi connectivity index (χ0n) is 9.15. The molecular weight excluding hydrogens is 249 g/mol. The number of hydrogen-bond acceptors (Lipinski definition) is 3. The summed E-state index contributed by atoms with van der Waals surface area (Å²) in [5.41, 5.74) is 5.24. The minimum Gasteiger partial charge on any atom is -0.390 e. The van der Waals surface area contributed by atoms with Gasteiger partial charge in [0, 0.05) is 10.6 Å². The number of rotatable bonds is 4. The third kappa shape index (κ3) is 3.39. The fourth-order valence-electron chi connectivity index (χ4n) is 1.41. The lowest BCUT2D eigenvalue weighted by Crippen LogP contribution is -2.26. The van der Waals surface area contributed by atoms with Gasteiger partial charge in [-0.2, -0.15) is 0 Å². The molecule has 0 heterocycles. The molecule has 6 heteroatoms. The van der Waals surface area contributed by atoms with Crippen molar-refractivity contribution >= 4 is 17.5 Å². The van der Waals surface area contributed by atoms with E-state index in [4.69, 9.17) is 17.3 Å². The van der Waals surface area contributed by atoms with Gasteiger partial charge in [-0.3, -0.25) is 4.79 Å². The van der Waals surface area contributed by atoms with Crippen LogP contribution in [-0.2, 0) is 4.79 Å². The highest BCUT2D eigenvalue weighted by Crippen LogP contribution is 2.28. The second kappa shape index (κ2) is 5.44. The summed E-state index contributed by atoms with van der Waals surface area (Å²) < 4.78 is 13.3. The van der Waals surface area contributed by atoms with Gasteiger partial charge >= 0.3 is 0 Å². The van der Waals surface area contributed by atoms with E-state index in [1.807, 2.05) is 0 Å². The van der Waals surface area contributed by atoms with Crippen molar-refractivity contribution in [2.45, 2.75) is 25.6 Å². The van der Waals surface area contributed by atoms with Gasteiger partial charge in [-0.25, -0.2) is 4.39 Å². The van der Waals surface area contributed by atoms with E-state index in [0.29, 0.717) is 5.56 Å². The maximum Gasteiger partial charge on any atom is 0.220 e. The van der Waals surface area contributed by atoms with E-state index in [-0.39, 0.29) is 10.6 Å². The molecule has 1 rings (SSSR count). The summed E-state index contributed by atoms with van der Waals surface area (Å²) >= 11 is 5.82. The van der Waals surface area contributed by atoms with Crippen molar-refractivity contribution in [3.63, 3.8) is 0 Å². The van der Waals surface area contributed by atoms with E-state index in [1.54, 1.807) is 0 Å². The van der Waals surface area contributed by atoms with Crippen molar-refractivity contribution in [3.05, 3.63) is 34.1 Å². The molecule has 4 nitrogen and oxygen atoms in total. The predicted molar refractivity (Wildman–Crippen MR) is 60.9 cm³/mol. The summed E-state index contributed by atoms with van der Waals surface area (Å²) in [6.07, 6.45) is -3.29. The maximum absolute atomic E-state index is 13.3. The minimum atomic E-state index is -1.45. The monoisotopic (exact) mass is 261 g/mol. The molecule has 2 atom stereocenters. The lowest BCUT2D eigenvalue weighted by Gasteiger charge is -2.18. The third-order valence-electron chi connectivity index (χ3n) is 2.37. The molecule has 0 saturated carbocycles. The van der Waals surface area contributed by atoms with Crippen LogP contribution in [0, 0.1) is 12.7 Å². The van der Waals surface area contributed by atoms with E-state index in [2.05, 4.69) is 0 Å². The number of aryl methyl sites for hydroxylation is 1. The fourth-order valence-corrected chi connectivity index (χ4v) is 1.74. The number of nitrogens with two attached hydrogens (primary N) is 1. The van der Waals surface area contributed by atoms with Crippen LogP contribution >= 0.6 is 11.6 Å². The smallest absolute Gasteiger partial charge is 0.220 e. The first-order valence-electron chi connectivity index (χ1n) is 4.93. The van der Waals surface area contributed by atoms with Crippen molar-refractivity contribution < 1.29 is 19.4 Å². The SMILES string of the molecule is Cc1cc(Cl)c(C(O)C(O)CC(N)=O)cc1F. The highest BCUT2D eigenvalue weighted by Gasteiger charge is 2.23. The highest BCUT2D eigenvalue weighted by molar-refractivity contribution is 6.31. The molecule has 94 valence electrons. The fraction of sp³-hybridized carbons (Fsp3) is 0.364. The van der Waals surface area contributed by atoms with Crippen molar-refractivity contribution in [3.8, 4) is 0 Å². The molecule has 1 aromatic rings. The van der Waals surface area contributed by atoms with Crippen LogP contribution in [0.25, 0.3) is 0 Å². The molecule has 1 aromatic carbocycles. The summed E-state index contributed by atoms with van der Waals surface area (Å²) in [7, 11) is 0. The first-order chi connectivity index (χ1) is 7.82. The number of hydrogen-bond donors (Lipinski definition) is 3. The first kappa shape index (κ1) is 13.9. The summed E-state index contributed by atoms with van der Waals surface area (Å²) in [6.45, 7) is 1.53. The number of amides is 1. The topological polar surface area (TPSA) is 83.6 Å². The largest absolute Gasteiger partial charge is 0.390 e. The third-order valence-corrected chi connectivity index (χ3v) is 2.70. The van der Waals surface area contributed by atoms with Crippen LogP contribution < -0.4 is 5.73 Å². The Morgan fingerprint density at radius 2 is 2.12 bits per heavy atom. The van der Waals surface area contributed by atoms with Crippen molar-refractivity contribution in [2.24, 2.45) is 5.73 Å². The Hall–Kier alpha value is -1.17. The van der Waals surface area contributed by atoms with Crippen LogP contribution in [0.15, 0.2) is 12.1 Å². The maximum atomic E-state index is 13.3. The summed E-state index contributed by atoms with van der Waals surface area (Å²) in [5.74, 6) is -1.31. The van der Waals surface area contributed by atoms with Gasteiger partial charge in [-0.1, -0.05) is 11.6 Å². The van der Waals surface area contributed by atoms with Crippen LogP contribution in [0.2, 0.25) is 5.02 Å². The zero-order chi connectivity index (χ0) is 13.2. The molecule has 0 aliphatic heterocycles. The van der Waals surface area contributed by atoms with E-state index < -0.39 is 30.4 Å². The predicted octanol–water partition coefficient (Wildman–Crippen LogP) is 1.06. The Morgan fingerprint density at radius 1 is 1.53 bits per heavy atom. The summed E-state index contributed by atoms with van der Waals surface area (Å²) in [4.78, 5) is 10.6. The molecule has 1 amide bonds. The molecule has 0 saturated heterocycles. The Balaban J connectivity index is 2.99. The average Bonchev–Trinajstić information content (AvgIpc) is 2.21. The van der Waals surface area contributed by atoms with Crippen molar-refractivity contribution in [2.75, 3.05) is 0 Å². The van der Waals surface area contributed by atoms with Gasteiger partial charge in [0.25, 0.3) is 0 Å². The standard InChI is InChI=1S/C11H13ClFNO3/c1-5-2-7(12)6(3-8(5)13)11(17)9(15)4-10(14)16/h2-3,9,11,15,17H,4H2,1H3,(H2,14,16). The van der Waals surface area contributed by atoms with Crippen LogP contribution in [0.4, 0.5) is 4.39 Å². The van der Waals surface area contributed by atoms with Crippen LogP contribution in [0.3, 0.4) is 0 Å². The van der Waals surface area contributed by atoms with E-state index in [1.165, 1.54) is 13.0 Å². The second-order valence-corrected chi connectivity index (χ2v) is 4.21. The van der Waals surface area contributed by atoms with E-state index in [9.17, 15) is 19.4 Å². The minimum absolute atomic E-state index is 0.0310. The Morgan fingerprint density at radius 3 is 2.65 bits per heavy atom. The molecule has 0 aromatic heterocycles. The van der Waals surface area contributed by atoms with Crippen molar-refractivity contribution in [1.29, 1.82) is 0 Å². The molecule has 0 radical (unpaired) electrons. The van der Waals surface area contributed by atoms with Crippen LogP contribution in [0.1, 0.15) is 23.7 Å². The summed E-state index contributed by atoms with van der Waals surface area (Å²) in [6, 6.07) is 2.37. The highest BCUT2D eigenvalue weighted by atomic mass is 35.5. The Bertz CT molecular complexity index is 439. The lowest BCUT2D eigenvalue weighted by molar-refractivity contribution is -0.121. The number of halogens is 2. The van der Waals surface area contributed by atoms with Gasteiger partial charge in [0.05, 0.1) is 12.5 Å². The van der Waals surface area contributed by atoms with Gasteiger partial charge < -0.3 is 15.9 Å². The molecule has 0 bridgehead atoms. The van der Waals surface area contributed by atoms with Crippen molar-refractivity contribution in [1.82, 2.24) is 0 Å². The summed E-state index contributed by atoms with van der Waals surface area (Å²) in [5, 5.41) is 19.3. The molecule has 4 N–H and O–H groups in total. The molecular formula is C11H13ClFNO3. The molecule has 0 fully saturated rings. The Labute approximate surface area is 103 Å². The van der Waals surface area contributed by atoms with E-state index >= 15 is 0 Å². The quantitative estimate of drug-likeness (QED) is 0.758. The van der Waals surface area contributed by atoms with Gasteiger partial charge in [-0.05, 0) is 24.6 Å². The molecule has 0 spiro atoms. The first-order valence-corrected chi connectivity index (χ1v) is 5.30. The molecule has 17 heavy (non-hydrogen) atoms. The molecule has 0 aliphatic rings. The number of benzene rings is 1. The van der Waals surface area contributed by atoms with Gasteiger partial charge in [0.15, 0.2) is 0 Å². The van der Waals surface area contributed by atoms with E-state index in [0.717, 1.165) is 6.07 Å². The van der Waals surface area contributed by atoms with Crippen LogP contribution in [0.5, 0.6) is 0 Å². The number of aliphatic hydroxyl groups is 2. The molecule has 0 aliphatic carbocycles. The average molecular weight is 262 g/mol. The number of primary amides is 1. The second-order valence-electron chi connectivity index (χ2n) is 3.81. The van der Waals surface area contributed by atoms with Crippen LogP contribution in [-0.4, -0.2) is 22.2 Å². The molecule has 2 unspecified atom stereocenters. The van der Waals surface area contributed by atoms with Gasteiger partial charge in [0.2, 0.25) is 5.91 Å². The zero-order valence-corrected chi connectivity index (χ0v) is 9.91. The number of carbonyl (C=O) groups is 1. The number of aliphatic hydroxyl groups excluding tert-OH is 2. The van der Waals surface area contributed by atoms with Gasteiger partial charge in [-0.15, -0.1) is 0 Å². The Kier molecular flexibility index (Phi) is 4.45. The normalized spacial score (nSPS) is 14.4. The van der Waals surface area contributed by atoms with Gasteiger partial charge in [0.1, 0.15) is 11.9 Å². The lowest BCUT2D eigenvalue weighted by atomic mass is 10.0.